The van der Waals surface area contributed by atoms with Gasteiger partial charge in [0.1, 0.15) is 0 Å². The Hall–Kier alpha value is -0.610. The van der Waals surface area contributed by atoms with E-state index in [4.69, 9.17) is 10.8 Å². The minimum absolute atomic E-state index is 0.0124. The summed E-state index contributed by atoms with van der Waals surface area (Å²) in [5, 5.41) is 11.8. The lowest BCUT2D eigenvalue weighted by Crippen LogP contribution is -2.45. The van der Waals surface area contributed by atoms with Crippen LogP contribution >= 0.6 is 0 Å². The van der Waals surface area contributed by atoms with E-state index < -0.39 is 6.10 Å². The molecule has 14 heavy (non-hydrogen) atoms. The van der Waals surface area contributed by atoms with E-state index in [-0.39, 0.29) is 11.3 Å². The number of carbonyl (C=O) groups is 1. The lowest BCUT2D eigenvalue weighted by atomic mass is 9.85. The van der Waals surface area contributed by atoms with Crippen LogP contribution in [0.2, 0.25) is 0 Å². The van der Waals surface area contributed by atoms with Gasteiger partial charge in [-0.15, -0.1) is 0 Å². The topological polar surface area (TPSA) is 75.3 Å². The fourth-order valence-corrected chi connectivity index (χ4v) is 2.00. The predicted octanol–water partition coefficient (Wildman–Crippen LogP) is 0.00250. The molecule has 1 saturated carbocycles. The Kier molecular flexibility index (Phi) is 3.89. The summed E-state index contributed by atoms with van der Waals surface area (Å²) in [5.74, 6) is 0.0124. The van der Waals surface area contributed by atoms with E-state index in [1.807, 2.05) is 0 Å². The maximum Gasteiger partial charge on any atom is 0.227 e. The zero-order valence-corrected chi connectivity index (χ0v) is 8.75. The molecule has 0 aliphatic heterocycles. The second-order valence-electron chi connectivity index (χ2n) is 4.25. The van der Waals surface area contributed by atoms with Gasteiger partial charge in [0.15, 0.2) is 0 Å². The molecule has 0 heterocycles. The number of nitrogens with one attached hydrogen (secondary N) is 1. The van der Waals surface area contributed by atoms with E-state index in [0.717, 1.165) is 25.7 Å². The largest absolute Gasteiger partial charge is 0.392 e. The van der Waals surface area contributed by atoms with Crippen molar-refractivity contribution < 1.29 is 9.90 Å². The van der Waals surface area contributed by atoms with Gasteiger partial charge >= 0.3 is 0 Å². The highest BCUT2D eigenvalue weighted by Crippen LogP contribution is 2.37. The molecule has 0 spiro atoms. The lowest BCUT2D eigenvalue weighted by molar-refractivity contribution is -0.130. The Balaban J connectivity index is 2.48. The number of aliphatic hydroxyl groups excluding tert-OH is 1. The zero-order chi connectivity index (χ0) is 10.6. The smallest absolute Gasteiger partial charge is 0.227 e. The van der Waals surface area contributed by atoms with Crippen LogP contribution in [0.25, 0.3) is 0 Å². The summed E-state index contributed by atoms with van der Waals surface area (Å²) < 4.78 is 0. The molecule has 4 N–H and O–H groups in total. The Bertz CT molecular complexity index is 198. The van der Waals surface area contributed by atoms with Crippen LogP contribution in [-0.4, -0.2) is 30.2 Å². The Labute approximate surface area is 84.9 Å². The fourth-order valence-electron chi connectivity index (χ4n) is 2.00. The zero-order valence-electron chi connectivity index (χ0n) is 8.75. The van der Waals surface area contributed by atoms with Crippen LogP contribution in [0.5, 0.6) is 0 Å². The van der Waals surface area contributed by atoms with E-state index in [9.17, 15) is 4.79 Å². The van der Waals surface area contributed by atoms with Gasteiger partial charge in [0.2, 0.25) is 5.91 Å². The summed E-state index contributed by atoms with van der Waals surface area (Å²) in [7, 11) is 0. The molecule has 1 amide bonds. The van der Waals surface area contributed by atoms with Gasteiger partial charge in [0, 0.05) is 13.1 Å². The van der Waals surface area contributed by atoms with Gasteiger partial charge in [-0.1, -0.05) is 12.8 Å². The third-order valence-electron chi connectivity index (χ3n) is 2.99. The van der Waals surface area contributed by atoms with E-state index >= 15 is 0 Å². The minimum atomic E-state index is -0.491. The van der Waals surface area contributed by atoms with Gasteiger partial charge in [0.05, 0.1) is 11.5 Å². The molecule has 1 atom stereocenters. The summed E-state index contributed by atoms with van der Waals surface area (Å²) in [6, 6.07) is 0. The number of amides is 1. The first-order valence-electron chi connectivity index (χ1n) is 5.27. The minimum Gasteiger partial charge on any atom is -0.392 e. The second-order valence-corrected chi connectivity index (χ2v) is 4.25. The first-order chi connectivity index (χ1) is 6.60. The van der Waals surface area contributed by atoms with Crippen molar-refractivity contribution in [3.63, 3.8) is 0 Å². The van der Waals surface area contributed by atoms with Crippen molar-refractivity contribution in [2.24, 2.45) is 11.1 Å². The van der Waals surface area contributed by atoms with Crippen LogP contribution in [0.4, 0.5) is 0 Å². The average Bonchev–Trinajstić information content (AvgIpc) is 2.63. The third-order valence-corrected chi connectivity index (χ3v) is 2.99. The Morgan fingerprint density at radius 1 is 1.57 bits per heavy atom. The van der Waals surface area contributed by atoms with E-state index in [2.05, 4.69) is 5.32 Å². The molecule has 0 aromatic heterocycles. The van der Waals surface area contributed by atoms with E-state index in [1.165, 1.54) is 0 Å². The van der Waals surface area contributed by atoms with E-state index in [1.54, 1.807) is 6.92 Å². The molecular formula is C10H20N2O2. The molecule has 0 bridgehead atoms. The lowest BCUT2D eigenvalue weighted by Gasteiger charge is -2.26. The molecule has 4 nitrogen and oxygen atoms in total. The number of aliphatic hydroxyl groups is 1. The van der Waals surface area contributed by atoms with Crippen molar-refractivity contribution in [1.29, 1.82) is 0 Å². The van der Waals surface area contributed by atoms with Crippen molar-refractivity contribution in [3.8, 4) is 0 Å². The molecule has 1 rings (SSSR count). The first-order valence-corrected chi connectivity index (χ1v) is 5.27. The third kappa shape index (κ3) is 2.45. The van der Waals surface area contributed by atoms with Crippen molar-refractivity contribution in [1.82, 2.24) is 5.32 Å². The highest BCUT2D eigenvalue weighted by Gasteiger charge is 2.39. The highest BCUT2D eigenvalue weighted by molar-refractivity contribution is 5.83. The molecule has 82 valence electrons. The van der Waals surface area contributed by atoms with Gasteiger partial charge in [-0.05, 0) is 19.8 Å². The molecule has 0 saturated heterocycles. The van der Waals surface area contributed by atoms with Gasteiger partial charge in [-0.2, -0.15) is 0 Å². The van der Waals surface area contributed by atoms with Crippen LogP contribution in [0.15, 0.2) is 0 Å². The summed E-state index contributed by atoms with van der Waals surface area (Å²) in [6.45, 7) is 2.39. The monoisotopic (exact) mass is 200 g/mol. The Morgan fingerprint density at radius 2 is 2.14 bits per heavy atom. The Morgan fingerprint density at radius 3 is 2.57 bits per heavy atom. The maximum absolute atomic E-state index is 11.8. The average molecular weight is 200 g/mol. The summed E-state index contributed by atoms with van der Waals surface area (Å²) >= 11 is 0. The number of hydrogen-bond acceptors (Lipinski definition) is 3. The van der Waals surface area contributed by atoms with E-state index in [0.29, 0.717) is 13.1 Å². The maximum atomic E-state index is 11.8. The molecule has 4 heteroatoms. The van der Waals surface area contributed by atoms with Crippen LogP contribution in [0.3, 0.4) is 0 Å². The fraction of sp³-hybridized carbons (Fsp3) is 0.900. The quantitative estimate of drug-likeness (QED) is 0.598. The number of carbonyl (C=O) groups excluding carboxylic acids is 1. The van der Waals surface area contributed by atoms with Crippen molar-refractivity contribution in [3.05, 3.63) is 0 Å². The molecule has 0 radical (unpaired) electrons. The molecule has 0 unspecified atom stereocenters. The predicted molar refractivity (Wildman–Crippen MR) is 54.6 cm³/mol. The number of rotatable bonds is 4. The van der Waals surface area contributed by atoms with Gasteiger partial charge in [-0.25, -0.2) is 0 Å². The van der Waals surface area contributed by atoms with Crippen molar-refractivity contribution in [2.75, 3.05) is 13.1 Å². The first kappa shape index (κ1) is 11.5. The second kappa shape index (κ2) is 4.75. The van der Waals surface area contributed by atoms with Crippen LogP contribution in [-0.2, 0) is 4.79 Å². The van der Waals surface area contributed by atoms with Crippen molar-refractivity contribution >= 4 is 5.91 Å². The molecule has 1 aliphatic rings. The summed E-state index contributed by atoms with van der Waals surface area (Å²) in [6.07, 6.45) is 3.44. The van der Waals surface area contributed by atoms with Crippen LogP contribution in [0.1, 0.15) is 32.6 Å². The molecule has 1 aliphatic carbocycles. The standard InChI is InChI=1S/C10H20N2O2/c1-8(13)6-12-9(14)10(7-11)4-2-3-5-10/h8,13H,2-7,11H2,1H3,(H,12,14)/t8-/m0/s1. The summed E-state index contributed by atoms with van der Waals surface area (Å²) in [4.78, 5) is 11.8. The van der Waals surface area contributed by atoms with Crippen LogP contribution < -0.4 is 11.1 Å². The molecule has 0 aromatic rings. The van der Waals surface area contributed by atoms with Gasteiger partial charge in [0.25, 0.3) is 0 Å². The van der Waals surface area contributed by atoms with Crippen LogP contribution in [0, 0.1) is 5.41 Å². The van der Waals surface area contributed by atoms with Gasteiger partial charge < -0.3 is 16.2 Å². The molecular weight excluding hydrogens is 180 g/mol. The van der Waals surface area contributed by atoms with Gasteiger partial charge in [-0.3, -0.25) is 4.79 Å². The van der Waals surface area contributed by atoms with Crippen molar-refractivity contribution in [2.45, 2.75) is 38.7 Å². The SMILES string of the molecule is C[C@H](O)CNC(=O)C1(CN)CCCC1. The molecule has 0 aromatic carbocycles. The number of nitrogens with two attached hydrogens (primary N) is 1. The normalized spacial score (nSPS) is 21.9. The summed E-state index contributed by atoms with van der Waals surface area (Å²) in [5.41, 5.74) is 5.30. The highest BCUT2D eigenvalue weighted by atomic mass is 16.3. The molecule has 1 fully saturated rings. The number of hydrogen-bond donors (Lipinski definition) is 3.